The number of unbranched alkanes of at least 4 members (excludes halogenated alkanes) is 15. The third kappa shape index (κ3) is 56.0. The van der Waals surface area contributed by atoms with Crippen molar-refractivity contribution in [3.05, 3.63) is 146 Å². The van der Waals surface area contributed by atoms with Gasteiger partial charge < -0.3 is 19.8 Å². The lowest BCUT2D eigenvalue weighted by molar-refractivity contribution is -0.870. The lowest BCUT2D eigenvalue weighted by Crippen LogP contribution is -2.45. The second kappa shape index (κ2) is 53.2. The predicted octanol–water partition coefficient (Wildman–Crippen LogP) is 17.7. The van der Waals surface area contributed by atoms with Crippen molar-refractivity contribution in [3.8, 4) is 0 Å². The standard InChI is InChI=1S/C64H107N2O6P/c1-6-8-10-12-14-16-18-20-22-24-26-28-30-31-32-33-34-35-36-38-40-42-44-46-48-50-52-54-56-58-64(68)65-62(61-72-73(69,70)71-60-59-66(3,4)5)63(67)57-55-53-51-49-47-45-43-41-39-37-29-27-25-23-21-19-17-15-13-11-9-7-2/h8,10,14,16,20,22,26,28,31-32,34-35,38-41,44,46-47,49-50,52,55,57,62-63,67H,6-7,9,11-13,15,17-19,21,23-25,27,29-30,33,36-37,42-43,45,48,51,53-54,56,58-61H2,1-5H3,(H-,65,68,69,70)/p+1/b10-8-,16-14-,22-20-,28-26-,32-31-,35-34-,40-38-,41-39+,46-44-,49-47+,52-50-,57-55+. The third-order valence-corrected chi connectivity index (χ3v) is 12.8. The molecule has 0 aliphatic carbocycles. The number of carbonyl (C=O) groups is 1. The van der Waals surface area contributed by atoms with E-state index in [1.165, 1.54) is 83.5 Å². The molecular formula is C64H108N2O6P+. The van der Waals surface area contributed by atoms with Gasteiger partial charge in [-0.1, -0.05) is 230 Å². The van der Waals surface area contributed by atoms with E-state index in [1.54, 1.807) is 6.08 Å². The molecule has 3 N–H and O–H groups in total. The number of rotatable bonds is 50. The minimum Gasteiger partial charge on any atom is -0.387 e. The van der Waals surface area contributed by atoms with E-state index >= 15 is 0 Å². The lowest BCUT2D eigenvalue weighted by Gasteiger charge is -2.25. The summed E-state index contributed by atoms with van der Waals surface area (Å²) >= 11 is 0. The first-order valence-electron chi connectivity index (χ1n) is 28.7. The highest BCUT2D eigenvalue weighted by Gasteiger charge is 2.27. The number of likely N-dealkylation sites (N-methyl/N-ethyl adjacent to an activating group) is 1. The number of phosphoric ester groups is 1. The van der Waals surface area contributed by atoms with E-state index in [-0.39, 0.29) is 25.5 Å². The molecular weight excluding hydrogens is 924 g/mol. The molecule has 3 atom stereocenters. The summed E-state index contributed by atoms with van der Waals surface area (Å²) in [6.07, 6.45) is 82.5. The average molecular weight is 1030 g/mol. The van der Waals surface area contributed by atoms with Crippen LogP contribution in [0.1, 0.15) is 200 Å². The minimum absolute atomic E-state index is 0.0339. The molecule has 0 radical (unpaired) electrons. The Morgan fingerprint density at radius 2 is 0.836 bits per heavy atom. The first-order chi connectivity index (χ1) is 35.5. The van der Waals surface area contributed by atoms with Gasteiger partial charge in [0.05, 0.1) is 39.9 Å². The normalized spacial score (nSPS) is 15.0. The van der Waals surface area contributed by atoms with Crippen molar-refractivity contribution in [3.63, 3.8) is 0 Å². The molecule has 9 heteroatoms. The highest BCUT2D eigenvalue weighted by atomic mass is 31.2. The number of phosphoric acid groups is 1. The Balaban J connectivity index is 4.46. The smallest absolute Gasteiger partial charge is 0.387 e. The maximum atomic E-state index is 13.0. The molecule has 0 aromatic heterocycles. The average Bonchev–Trinajstić information content (AvgIpc) is 3.35. The number of quaternary nitrogens is 1. The van der Waals surface area contributed by atoms with Gasteiger partial charge in [0.1, 0.15) is 13.2 Å². The molecule has 73 heavy (non-hydrogen) atoms. The van der Waals surface area contributed by atoms with Crippen LogP contribution in [0.3, 0.4) is 0 Å². The second-order valence-corrected chi connectivity index (χ2v) is 21.4. The van der Waals surface area contributed by atoms with Gasteiger partial charge in [0.15, 0.2) is 0 Å². The van der Waals surface area contributed by atoms with Crippen LogP contribution < -0.4 is 5.32 Å². The highest BCUT2D eigenvalue weighted by molar-refractivity contribution is 7.47. The summed E-state index contributed by atoms with van der Waals surface area (Å²) in [6, 6.07) is -0.913. The van der Waals surface area contributed by atoms with Crippen molar-refractivity contribution in [1.82, 2.24) is 5.32 Å². The number of nitrogens with zero attached hydrogens (tertiary/aromatic N) is 1. The number of hydrogen-bond donors (Lipinski definition) is 3. The number of aliphatic hydroxyl groups excluding tert-OH is 1. The monoisotopic (exact) mass is 1030 g/mol. The second-order valence-electron chi connectivity index (χ2n) is 19.9. The molecule has 3 unspecified atom stereocenters. The minimum atomic E-state index is -4.39. The fourth-order valence-corrected chi connectivity index (χ4v) is 8.04. The Morgan fingerprint density at radius 3 is 1.26 bits per heavy atom. The van der Waals surface area contributed by atoms with Crippen molar-refractivity contribution in [1.29, 1.82) is 0 Å². The van der Waals surface area contributed by atoms with Crippen LogP contribution in [0.5, 0.6) is 0 Å². The lowest BCUT2D eigenvalue weighted by atomic mass is 10.0. The molecule has 0 aliphatic heterocycles. The Hall–Kier alpha value is -3.62. The summed E-state index contributed by atoms with van der Waals surface area (Å²) in [5, 5.41) is 13.9. The van der Waals surface area contributed by atoms with Crippen LogP contribution in [0, 0.1) is 0 Å². The molecule has 0 aromatic carbocycles. The van der Waals surface area contributed by atoms with Gasteiger partial charge in [-0.3, -0.25) is 13.8 Å². The number of aliphatic hydroxyl groups is 1. The topological polar surface area (TPSA) is 105 Å². The van der Waals surface area contributed by atoms with Gasteiger partial charge in [0.2, 0.25) is 5.91 Å². The van der Waals surface area contributed by atoms with Crippen LogP contribution in [0.15, 0.2) is 146 Å². The zero-order valence-electron chi connectivity index (χ0n) is 47.1. The van der Waals surface area contributed by atoms with Crippen LogP contribution in [0.4, 0.5) is 0 Å². The van der Waals surface area contributed by atoms with Gasteiger partial charge in [0, 0.05) is 6.42 Å². The van der Waals surface area contributed by atoms with E-state index in [2.05, 4.69) is 153 Å². The summed E-state index contributed by atoms with van der Waals surface area (Å²) in [6.45, 7) is 4.61. The van der Waals surface area contributed by atoms with E-state index in [0.717, 1.165) is 89.9 Å². The van der Waals surface area contributed by atoms with E-state index in [0.29, 0.717) is 17.4 Å². The number of amides is 1. The van der Waals surface area contributed by atoms with Crippen LogP contribution in [-0.4, -0.2) is 73.4 Å². The quantitative estimate of drug-likeness (QED) is 0.0243. The fraction of sp³-hybridized carbons (Fsp3) is 0.609. The molecule has 0 saturated carbocycles. The van der Waals surface area contributed by atoms with Gasteiger partial charge in [-0.05, 0) is 109 Å². The van der Waals surface area contributed by atoms with E-state index in [9.17, 15) is 19.4 Å². The summed E-state index contributed by atoms with van der Waals surface area (Å²) in [5.74, 6) is -0.255. The number of hydrogen-bond acceptors (Lipinski definition) is 5. The Kier molecular flexibility index (Phi) is 50.6. The number of nitrogens with one attached hydrogen (secondary N) is 1. The molecule has 1 amide bonds. The van der Waals surface area contributed by atoms with Crippen molar-refractivity contribution in [2.75, 3.05) is 40.9 Å². The Labute approximate surface area is 449 Å². The molecule has 0 fully saturated rings. The van der Waals surface area contributed by atoms with Crippen LogP contribution in [0.2, 0.25) is 0 Å². The van der Waals surface area contributed by atoms with Crippen molar-refractivity contribution < 1.29 is 32.9 Å². The van der Waals surface area contributed by atoms with Crippen LogP contribution in [0.25, 0.3) is 0 Å². The summed E-state index contributed by atoms with van der Waals surface area (Å²) < 4.78 is 23.6. The zero-order chi connectivity index (χ0) is 53.5. The number of carbonyl (C=O) groups excluding carboxylic acids is 1. The molecule has 0 bridgehead atoms. The zero-order valence-corrected chi connectivity index (χ0v) is 48.0. The molecule has 8 nitrogen and oxygen atoms in total. The summed E-state index contributed by atoms with van der Waals surface area (Å²) in [4.78, 5) is 23.3. The third-order valence-electron chi connectivity index (χ3n) is 11.8. The molecule has 0 aromatic rings. The maximum absolute atomic E-state index is 13.0. The van der Waals surface area contributed by atoms with Gasteiger partial charge in [-0.25, -0.2) is 4.57 Å². The number of allylic oxidation sites excluding steroid dienone is 23. The van der Waals surface area contributed by atoms with Crippen molar-refractivity contribution >= 4 is 13.7 Å². The van der Waals surface area contributed by atoms with Gasteiger partial charge in [-0.15, -0.1) is 0 Å². The molecule has 0 aliphatic rings. The largest absolute Gasteiger partial charge is 0.472 e. The first kappa shape index (κ1) is 69.4. The fourth-order valence-electron chi connectivity index (χ4n) is 7.31. The van der Waals surface area contributed by atoms with Crippen LogP contribution >= 0.6 is 7.82 Å². The first-order valence-corrected chi connectivity index (χ1v) is 30.2. The predicted molar refractivity (Wildman–Crippen MR) is 317 cm³/mol. The SMILES string of the molecule is CC/C=C\C/C=C\C/C=C\C/C=C\C/C=C\C/C=C\C/C=C\C/C=C\C/C=C\CCCC(=O)NC(COP(=O)(O)OCC[N+](C)(C)C)C(O)/C=C/CC/C=C/CC/C=C/CCCCCCCCCCCCCC. The summed E-state index contributed by atoms with van der Waals surface area (Å²) in [7, 11) is 1.48. The summed E-state index contributed by atoms with van der Waals surface area (Å²) in [5.41, 5.74) is 0. The molecule has 0 spiro atoms. The van der Waals surface area contributed by atoms with Gasteiger partial charge in [-0.2, -0.15) is 0 Å². The molecule has 0 heterocycles. The van der Waals surface area contributed by atoms with E-state index in [4.69, 9.17) is 9.05 Å². The van der Waals surface area contributed by atoms with Gasteiger partial charge in [0.25, 0.3) is 0 Å². The molecule has 0 saturated heterocycles. The maximum Gasteiger partial charge on any atom is 0.472 e. The van der Waals surface area contributed by atoms with Crippen LogP contribution in [-0.2, 0) is 18.4 Å². The van der Waals surface area contributed by atoms with E-state index in [1.807, 2.05) is 27.2 Å². The van der Waals surface area contributed by atoms with Crippen molar-refractivity contribution in [2.24, 2.45) is 0 Å². The highest BCUT2D eigenvalue weighted by Crippen LogP contribution is 2.43. The molecule has 414 valence electrons. The Morgan fingerprint density at radius 1 is 0.479 bits per heavy atom. The van der Waals surface area contributed by atoms with Gasteiger partial charge >= 0.3 is 7.82 Å². The Bertz CT molecular complexity index is 1690. The molecule has 0 rings (SSSR count). The van der Waals surface area contributed by atoms with Crippen molar-refractivity contribution in [2.45, 2.75) is 212 Å². The van der Waals surface area contributed by atoms with E-state index < -0.39 is 20.0 Å².